The summed E-state index contributed by atoms with van der Waals surface area (Å²) >= 11 is 0. The van der Waals surface area contributed by atoms with Crippen molar-refractivity contribution < 1.29 is 5.11 Å². The molecule has 0 heterocycles. The van der Waals surface area contributed by atoms with Crippen molar-refractivity contribution in [3.63, 3.8) is 0 Å². The van der Waals surface area contributed by atoms with Crippen LogP contribution in [0, 0.1) is 0 Å². The molecule has 1 aliphatic rings. The van der Waals surface area contributed by atoms with E-state index in [2.05, 4.69) is 26.6 Å². The molecule has 1 saturated carbocycles. The van der Waals surface area contributed by atoms with E-state index in [-0.39, 0.29) is 5.60 Å². The molecule has 0 saturated heterocycles. The molecule has 0 spiro atoms. The number of aliphatic hydroxyl groups is 1. The first-order chi connectivity index (χ1) is 4.90. The van der Waals surface area contributed by atoms with E-state index in [1.54, 1.807) is 0 Å². The molecule has 0 aromatic heterocycles. The molecule has 66 valence electrons. The van der Waals surface area contributed by atoms with Crippen LogP contribution in [0.4, 0.5) is 0 Å². The van der Waals surface area contributed by atoms with Gasteiger partial charge in [-0.2, -0.15) is 0 Å². The number of hydrogen-bond acceptors (Lipinski definition) is 1. The molecule has 2 atom stereocenters. The molecule has 0 aromatic carbocycles. The molecular weight excluding hydrogens is 152 g/mol. The summed E-state index contributed by atoms with van der Waals surface area (Å²) in [6.45, 7) is 9.21. The van der Waals surface area contributed by atoms with Crippen molar-refractivity contribution in [2.75, 3.05) is 0 Å². The average molecular weight is 172 g/mol. The van der Waals surface area contributed by atoms with Gasteiger partial charge in [0.25, 0.3) is 0 Å². The summed E-state index contributed by atoms with van der Waals surface area (Å²) in [7, 11) is -1.05. The largest absolute Gasteiger partial charge is 0.390 e. The van der Waals surface area contributed by atoms with Gasteiger partial charge < -0.3 is 5.11 Å². The van der Waals surface area contributed by atoms with Crippen molar-refractivity contribution in [3.05, 3.63) is 0 Å². The third-order valence-corrected chi connectivity index (χ3v) is 5.61. The molecule has 11 heavy (non-hydrogen) atoms. The Labute approximate surface area is 70.8 Å². The van der Waals surface area contributed by atoms with Gasteiger partial charge in [-0.3, -0.25) is 0 Å². The Bertz CT molecular complexity index is 150. The van der Waals surface area contributed by atoms with Crippen LogP contribution in [0.2, 0.25) is 25.2 Å². The molecule has 0 aromatic rings. The van der Waals surface area contributed by atoms with Crippen molar-refractivity contribution >= 4 is 8.07 Å². The van der Waals surface area contributed by atoms with Crippen LogP contribution in [0.1, 0.15) is 26.2 Å². The fourth-order valence-corrected chi connectivity index (χ4v) is 4.84. The maximum absolute atomic E-state index is 9.96. The Kier molecular flexibility index (Phi) is 2.19. The van der Waals surface area contributed by atoms with Gasteiger partial charge in [-0.25, -0.2) is 0 Å². The smallest absolute Gasteiger partial charge is 0.0654 e. The van der Waals surface area contributed by atoms with Crippen LogP contribution in [-0.2, 0) is 0 Å². The quantitative estimate of drug-likeness (QED) is 0.649. The monoisotopic (exact) mass is 172 g/mol. The summed E-state index contributed by atoms with van der Waals surface area (Å²) in [6.07, 6.45) is 3.22. The lowest BCUT2D eigenvalue weighted by Gasteiger charge is -2.18. The SMILES string of the molecule is CCC[C@@]1(O)C[C@H]1[Si](C)(C)C. The minimum Gasteiger partial charge on any atom is -0.390 e. The highest BCUT2D eigenvalue weighted by Crippen LogP contribution is 2.57. The minimum atomic E-state index is -1.05. The molecule has 1 N–H and O–H groups in total. The van der Waals surface area contributed by atoms with E-state index in [1.807, 2.05) is 0 Å². The molecule has 0 unspecified atom stereocenters. The lowest BCUT2D eigenvalue weighted by atomic mass is 10.2. The van der Waals surface area contributed by atoms with Gasteiger partial charge >= 0.3 is 0 Å². The van der Waals surface area contributed by atoms with Crippen LogP contribution in [0.3, 0.4) is 0 Å². The van der Waals surface area contributed by atoms with Crippen molar-refractivity contribution in [1.29, 1.82) is 0 Å². The molecule has 0 aliphatic heterocycles. The van der Waals surface area contributed by atoms with Gasteiger partial charge in [-0.05, 0) is 18.4 Å². The van der Waals surface area contributed by atoms with E-state index in [9.17, 15) is 5.11 Å². The van der Waals surface area contributed by atoms with Crippen molar-refractivity contribution in [2.45, 2.75) is 57.0 Å². The maximum Gasteiger partial charge on any atom is 0.0654 e. The van der Waals surface area contributed by atoms with Gasteiger partial charge in [-0.1, -0.05) is 33.0 Å². The first-order valence-electron chi connectivity index (χ1n) is 4.62. The zero-order valence-electron chi connectivity index (χ0n) is 8.15. The van der Waals surface area contributed by atoms with Gasteiger partial charge in [0, 0.05) is 0 Å². The molecule has 1 fully saturated rings. The number of hydrogen-bond donors (Lipinski definition) is 1. The molecule has 0 bridgehead atoms. The Hall–Kier alpha value is 0.177. The summed E-state index contributed by atoms with van der Waals surface area (Å²) in [5.41, 5.74) is 0.439. The first kappa shape index (κ1) is 9.27. The molecule has 0 amide bonds. The van der Waals surface area contributed by atoms with Crippen LogP contribution in [0.25, 0.3) is 0 Å². The molecule has 0 radical (unpaired) electrons. The predicted molar refractivity (Wildman–Crippen MR) is 51.6 cm³/mol. The fourth-order valence-electron chi connectivity index (χ4n) is 2.12. The lowest BCUT2D eigenvalue weighted by molar-refractivity contribution is 0.138. The van der Waals surface area contributed by atoms with E-state index >= 15 is 0 Å². The first-order valence-corrected chi connectivity index (χ1v) is 8.20. The van der Waals surface area contributed by atoms with Crippen LogP contribution >= 0.6 is 0 Å². The summed E-state index contributed by atoms with van der Waals surface area (Å²) < 4.78 is 0. The van der Waals surface area contributed by atoms with Gasteiger partial charge in [0.05, 0.1) is 13.7 Å². The summed E-state index contributed by atoms with van der Waals surface area (Å²) in [6, 6.07) is 0. The minimum absolute atomic E-state index is 0.237. The van der Waals surface area contributed by atoms with Crippen LogP contribution in [0.5, 0.6) is 0 Å². The molecule has 1 rings (SSSR count). The van der Waals surface area contributed by atoms with E-state index < -0.39 is 8.07 Å². The normalized spacial score (nSPS) is 37.4. The highest BCUT2D eigenvalue weighted by Gasteiger charge is 2.57. The van der Waals surface area contributed by atoms with E-state index in [0.717, 1.165) is 19.3 Å². The lowest BCUT2D eigenvalue weighted by Crippen LogP contribution is -2.26. The zero-order chi connectivity index (χ0) is 8.70. The van der Waals surface area contributed by atoms with E-state index in [4.69, 9.17) is 0 Å². The van der Waals surface area contributed by atoms with Crippen molar-refractivity contribution in [3.8, 4) is 0 Å². The second kappa shape index (κ2) is 2.59. The van der Waals surface area contributed by atoms with E-state index in [1.165, 1.54) is 0 Å². The average Bonchev–Trinajstić information content (AvgIpc) is 2.41. The second-order valence-corrected chi connectivity index (χ2v) is 10.4. The van der Waals surface area contributed by atoms with E-state index in [0.29, 0.717) is 5.54 Å². The standard InChI is InChI=1S/C9H20OSi/c1-5-6-9(10)7-8(9)11(2,3)4/h8,10H,5-7H2,1-4H3/t8-,9-/m1/s1. The van der Waals surface area contributed by atoms with Gasteiger partial charge in [0.1, 0.15) is 0 Å². The number of rotatable bonds is 3. The summed E-state index contributed by atoms with van der Waals surface area (Å²) in [5.74, 6) is 0. The van der Waals surface area contributed by atoms with Crippen molar-refractivity contribution in [1.82, 2.24) is 0 Å². The van der Waals surface area contributed by atoms with Gasteiger partial charge in [-0.15, -0.1) is 0 Å². The van der Waals surface area contributed by atoms with Gasteiger partial charge in [0.15, 0.2) is 0 Å². The zero-order valence-corrected chi connectivity index (χ0v) is 9.15. The Balaban J connectivity index is 2.46. The molecular formula is C9H20OSi. The summed E-state index contributed by atoms with van der Waals surface area (Å²) in [5, 5.41) is 9.96. The van der Waals surface area contributed by atoms with Crippen molar-refractivity contribution in [2.24, 2.45) is 0 Å². The predicted octanol–water partition coefficient (Wildman–Crippen LogP) is 2.63. The highest BCUT2D eigenvalue weighted by atomic mass is 28.3. The van der Waals surface area contributed by atoms with Crippen LogP contribution < -0.4 is 0 Å². The maximum atomic E-state index is 9.96. The fraction of sp³-hybridized carbons (Fsp3) is 1.00. The molecule has 2 heteroatoms. The van der Waals surface area contributed by atoms with Gasteiger partial charge in [0.2, 0.25) is 0 Å². The third-order valence-electron chi connectivity index (χ3n) is 2.77. The second-order valence-electron chi connectivity index (χ2n) is 4.98. The third kappa shape index (κ3) is 1.85. The molecule has 1 aliphatic carbocycles. The summed E-state index contributed by atoms with van der Waals surface area (Å²) in [4.78, 5) is 0. The topological polar surface area (TPSA) is 20.2 Å². The highest BCUT2D eigenvalue weighted by molar-refractivity contribution is 6.78. The Morgan fingerprint density at radius 1 is 1.45 bits per heavy atom. The Morgan fingerprint density at radius 2 is 2.00 bits per heavy atom. The van der Waals surface area contributed by atoms with Crippen LogP contribution in [-0.4, -0.2) is 18.8 Å². The van der Waals surface area contributed by atoms with Crippen LogP contribution in [0.15, 0.2) is 0 Å². The molecule has 1 nitrogen and oxygen atoms in total. The Morgan fingerprint density at radius 3 is 2.27 bits per heavy atom.